The average molecular weight is 235 g/mol. The number of hydrogen-bond donors (Lipinski definition) is 1. The van der Waals surface area contributed by atoms with Crippen LogP contribution in [0.1, 0.15) is 21.5 Å². The molecule has 0 aliphatic carbocycles. The highest BCUT2D eigenvalue weighted by atomic mass is 16.1. The first kappa shape index (κ1) is 11.9. The lowest BCUT2D eigenvalue weighted by atomic mass is 10.1. The zero-order valence-electron chi connectivity index (χ0n) is 9.89. The summed E-state index contributed by atoms with van der Waals surface area (Å²) in [6.45, 7) is 0. The maximum Gasteiger partial charge on any atom is 0.249 e. The highest BCUT2D eigenvalue weighted by molar-refractivity contribution is 5.95. The Balaban J connectivity index is 2.18. The topological polar surface area (TPSA) is 43.1 Å². The molecule has 2 rings (SSSR count). The van der Waals surface area contributed by atoms with Crippen molar-refractivity contribution in [3.63, 3.8) is 0 Å². The van der Waals surface area contributed by atoms with E-state index in [-0.39, 0.29) is 0 Å². The molecule has 1 amide bonds. The molecule has 18 heavy (non-hydrogen) atoms. The Kier molecular flexibility index (Phi) is 3.78. The van der Waals surface area contributed by atoms with Gasteiger partial charge in [0.05, 0.1) is 5.56 Å². The Hall–Kier alpha value is -2.53. The highest BCUT2D eigenvalue weighted by Crippen LogP contribution is 2.06. The number of carbonyl (C=O) groups is 1. The molecule has 88 valence electrons. The smallest absolute Gasteiger partial charge is 0.249 e. The van der Waals surface area contributed by atoms with Crippen LogP contribution >= 0.6 is 0 Å². The number of nitrogens with two attached hydrogens (primary N) is 1. The predicted molar refractivity (Wildman–Crippen MR) is 72.0 cm³/mol. The van der Waals surface area contributed by atoms with Crippen LogP contribution in [0.25, 0.3) is 0 Å². The molecule has 0 unspecified atom stereocenters. The second-order valence-corrected chi connectivity index (χ2v) is 3.87. The van der Waals surface area contributed by atoms with Gasteiger partial charge >= 0.3 is 0 Å². The van der Waals surface area contributed by atoms with Gasteiger partial charge in [0.1, 0.15) is 0 Å². The van der Waals surface area contributed by atoms with E-state index in [1.54, 1.807) is 18.2 Å². The lowest BCUT2D eigenvalue weighted by Crippen LogP contribution is -2.12. The van der Waals surface area contributed by atoms with Crippen molar-refractivity contribution in [3.8, 4) is 11.8 Å². The van der Waals surface area contributed by atoms with E-state index < -0.39 is 5.91 Å². The highest BCUT2D eigenvalue weighted by Gasteiger charge is 2.03. The van der Waals surface area contributed by atoms with Crippen molar-refractivity contribution in [1.82, 2.24) is 0 Å². The summed E-state index contributed by atoms with van der Waals surface area (Å²) < 4.78 is 0. The van der Waals surface area contributed by atoms with Gasteiger partial charge in [-0.1, -0.05) is 54.3 Å². The molecule has 0 spiro atoms. The summed E-state index contributed by atoms with van der Waals surface area (Å²) in [7, 11) is 0. The van der Waals surface area contributed by atoms with Crippen molar-refractivity contribution >= 4 is 5.91 Å². The number of primary amides is 1. The maximum atomic E-state index is 11.2. The van der Waals surface area contributed by atoms with E-state index >= 15 is 0 Å². The van der Waals surface area contributed by atoms with Crippen molar-refractivity contribution in [2.75, 3.05) is 0 Å². The molecule has 0 radical (unpaired) electrons. The van der Waals surface area contributed by atoms with E-state index in [1.807, 2.05) is 36.4 Å². The molecular weight excluding hydrogens is 222 g/mol. The van der Waals surface area contributed by atoms with Gasteiger partial charge in [-0.05, 0) is 17.7 Å². The van der Waals surface area contributed by atoms with Crippen molar-refractivity contribution in [1.29, 1.82) is 0 Å². The Labute approximate surface area is 106 Å². The van der Waals surface area contributed by atoms with Crippen LogP contribution in [0.5, 0.6) is 0 Å². The zero-order chi connectivity index (χ0) is 12.8. The molecule has 0 aliphatic heterocycles. The number of rotatable bonds is 2. The number of hydrogen-bond acceptors (Lipinski definition) is 1. The Morgan fingerprint density at radius 1 is 1.00 bits per heavy atom. The SMILES string of the molecule is NC(=O)c1ccccc1C#CCc1ccccc1. The van der Waals surface area contributed by atoms with Gasteiger partial charge in [-0.3, -0.25) is 4.79 Å². The number of benzene rings is 2. The summed E-state index contributed by atoms with van der Waals surface area (Å²) in [6.07, 6.45) is 0.661. The molecule has 0 aromatic heterocycles. The van der Waals surface area contributed by atoms with Crippen molar-refractivity contribution in [3.05, 3.63) is 71.3 Å². The summed E-state index contributed by atoms with van der Waals surface area (Å²) in [5, 5.41) is 0. The molecule has 0 fully saturated rings. The van der Waals surface area contributed by atoms with Crippen LogP contribution in [0.4, 0.5) is 0 Å². The summed E-state index contributed by atoms with van der Waals surface area (Å²) in [4.78, 5) is 11.2. The van der Waals surface area contributed by atoms with Gasteiger partial charge in [0, 0.05) is 12.0 Å². The van der Waals surface area contributed by atoms with Crippen molar-refractivity contribution < 1.29 is 4.79 Å². The van der Waals surface area contributed by atoms with Crippen LogP contribution in [0, 0.1) is 11.8 Å². The van der Waals surface area contributed by atoms with Crippen LogP contribution < -0.4 is 5.73 Å². The monoisotopic (exact) mass is 235 g/mol. The van der Waals surface area contributed by atoms with Gasteiger partial charge in [0.15, 0.2) is 0 Å². The third-order valence-electron chi connectivity index (χ3n) is 2.55. The van der Waals surface area contributed by atoms with Crippen molar-refractivity contribution in [2.45, 2.75) is 6.42 Å². The van der Waals surface area contributed by atoms with Crippen LogP contribution in [0.3, 0.4) is 0 Å². The number of carbonyl (C=O) groups excluding carboxylic acids is 1. The van der Waals surface area contributed by atoms with E-state index in [0.29, 0.717) is 17.5 Å². The quantitative estimate of drug-likeness (QED) is 0.798. The second kappa shape index (κ2) is 5.70. The summed E-state index contributed by atoms with van der Waals surface area (Å²) in [5.74, 6) is 5.60. The van der Waals surface area contributed by atoms with Crippen LogP contribution in [0.2, 0.25) is 0 Å². The minimum Gasteiger partial charge on any atom is -0.366 e. The predicted octanol–water partition coefficient (Wildman–Crippen LogP) is 2.38. The number of amides is 1. The van der Waals surface area contributed by atoms with E-state index in [4.69, 9.17) is 5.73 Å². The summed E-state index contributed by atoms with van der Waals surface area (Å²) in [5.41, 5.74) is 7.60. The van der Waals surface area contributed by atoms with Crippen LogP contribution in [0.15, 0.2) is 54.6 Å². The van der Waals surface area contributed by atoms with Crippen LogP contribution in [-0.4, -0.2) is 5.91 Å². The maximum absolute atomic E-state index is 11.2. The van der Waals surface area contributed by atoms with Crippen molar-refractivity contribution in [2.24, 2.45) is 5.73 Å². The molecule has 2 heteroatoms. The first-order valence-electron chi connectivity index (χ1n) is 5.69. The average Bonchev–Trinajstić information content (AvgIpc) is 2.40. The second-order valence-electron chi connectivity index (χ2n) is 3.87. The zero-order valence-corrected chi connectivity index (χ0v) is 9.89. The lowest BCUT2D eigenvalue weighted by molar-refractivity contribution is 0.1000. The molecule has 0 aliphatic rings. The fourth-order valence-electron chi connectivity index (χ4n) is 1.64. The normalized spacial score (nSPS) is 9.33. The molecule has 0 atom stereocenters. The Morgan fingerprint density at radius 2 is 1.67 bits per heavy atom. The third-order valence-corrected chi connectivity index (χ3v) is 2.55. The fraction of sp³-hybridized carbons (Fsp3) is 0.0625. The standard InChI is InChI=1S/C16H13NO/c17-16(18)15-12-5-4-10-14(15)11-6-9-13-7-2-1-3-8-13/h1-5,7-8,10,12H,9H2,(H2,17,18). The summed E-state index contributed by atoms with van der Waals surface area (Å²) >= 11 is 0. The minimum atomic E-state index is -0.445. The van der Waals surface area contributed by atoms with Gasteiger partial charge in [-0.25, -0.2) is 0 Å². The van der Waals surface area contributed by atoms with E-state index in [2.05, 4.69) is 11.8 Å². The molecule has 2 aromatic carbocycles. The van der Waals surface area contributed by atoms with Crippen LogP contribution in [-0.2, 0) is 6.42 Å². The van der Waals surface area contributed by atoms with Gasteiger partial charge in [0.2, 0.25) is 5.91 Å². The third kappa shape index (κ3) is 2.99. The van der Waals surface area contributed by atoms with E-state index in [1.165, 1.54) is 0 Å². The molecular formula is C16H13NO. The first-order chi connectivity index (χ1) is 8.77. The van der Waals surface area contributed by atoms with E-state index in [9.17, 15) is 4.79 Å². The minimum absolute atomic E-state index is 0.445. The van der Waals surface area contributed by atoms with Gasteiger partial charge in [-0.15, -0.1) is 0 Å². The molecule has 0 saturated carbocycles. The molecule has 2 N–H and O–H groups in total. The van der Waals surface area contributed by atoms with Gasteiger partial charge < -0.3 is 5.73 Å². The van der Waals surface area contributed by atoms with E-state index in [0.717, 1.165) is 5.56 Å². The summed E-state index contributed by atoms with van der Waals surface area (Å²) in [6, 6.07) is 17.1. The molecule has 0 bridgehead atoms. The molecule has 0 heterocycles. The first-order valence-corrected chi connectivity index (χ1v) is 5.69. The fourth-order valence-corrected chi connectivity index (χ4v) is 1.64. The Bertz CT molecular complexity index is 606. The molecule has 2 nitrogen and oxygen atoms in total. The largest absolute Gasteiger partial charge is 0.366 e. The molecule has 2 aromatic rings. The Morgan fingerprint density at radius 3 is 2.39 bits per heavy atom. The lowest BCUT2D eigenvalue weighted by Gasteiger charge is -1.98. The molecule has 0 saturated heterocycles. The van der Waals surface area contributed by atoms with Gasteiger partial charge in [0.25, 0.3) is 0 Å². The van der Waals surface area contributed by atoms with Gasteiger partial charge in [-0.2, -0.15) is 0 Å².